The van der Waals surface area contributed by atoms with E-state index in [1.807, 2.05) is 54.9 Å². The highest BCUT2D eigenvalue weighted by Crippen LogP contribution is 2.32. The zero-order valence-electron chi connectivity index (χ0n) is 19.9. The number of hydrogen-bond acceptors (Lipinski definition) is 7. The molecule has 36 heavy (non-hydrogen) atoms. The van der Waals surface area contributed by atoms with Gasteiger partial charge in [0, 0.05) is 36.3 Å². The fourth-order valence-corrected chi connectivity index (χ4v) is 4.27. The molecule has 6 aromatic rings. The van der Waals surface area contributed by atoms with E-state index in [1.54, 1.807) is 13.3 Å². The van der Waals surface area contributed by atoms with Gasteiger partial charge in [-0.2, -0.15) is 5.10 Å². The van der Waals surface area contributed by atoms with Gasteiger partial charge in [0.2, 0.25) is 0 Å². The molecular formula is C27H24N8O. The molecule has 0 aliphatic heterocycles. The van der Waals surface area contributed by atoms with Crippen LogP contribution in [0.2, 0.25) is 0 Å². The zero-order chi connectivity index (χ0) is 24.5. The number of hydrogen-bond donors (Lipinski definition) is 3. The predicted molar refractivity (Wildman–Crippen MR) is 139 cm³/mol. The number of imidazole rings is 1. The number of nitrogens with one attached hydrogen (secondary N) is 3. The minimum atomic E-state index is 0.600. The quantitative estimate of drug-likeness (QED) is 0.304. The lowest BCUT2D eigenvalue weighted by molar-refractivity contribution is 0.415. The van der Waals surface area contributed by atoms with Crippen molar-refractivity contribution in [3.8, 4) is 39.7 Å². The first-order valence-corrected chi connectivity index (χ1v) is 11.7. The van der Waals surface area contributed by atoms with Gasteiger partial charge >= 0.3 is 0 Å². The Labute approximate surface area is 207 Å². The van der Waals surface area contributed by atoms with E-state index in [0.29, 0.717) is 17.2 Å². The molecular weight excluding hydrogens is 452 g/mol. The summed E-state index contributed by atoms with van der Waals surface area (Å²) in [5, 5.41) is 10.9. The number of benzene rings is 1. The molecule has 9 heteroatoms. The molecule has 0 bridgehead atoms. The summed E-state index contributed by atoms with van der Waals surface area (Å²) in [4.78, 5) is 22.0. The number of ether oxygens (including phenoxy) is 1. The van der Waals surface area contributed by atoms with Crippen LogP contribution >= 0.6 is 0 Å². The maximum atomic E-state index is 5.40. The average Bonchev–Trinajstić information content (AvgIpc) is 3.55. The molecule has 0 spiro atoms. The summed E-state index contributed by atoms with van der Waals surface area (Å²) in [5.41, 5.74) is 8.50. The molecule has 1 aromatic carbocycles. The van der Waals surface area contributed by atoms with Gasteiger partial charge < -0.3 is 15.0 Å². The zero-order valence-corrected chi connectivity index (χ0v) is 19.9. The second-order valence-corrected chi connectivity index (χ2v) is 8.40. The maximum Gasteiger partial charge on any atom is 0.178 e. The standard InChI is InChI=1S/C27H24N8O/c1-3-28-13-16-11-18(15-29-14-16)21-7-8-22-24(31-21)25(35-34-22)27-32-23-20(9-10-30-26(23)33-27)17-5-4-6-19(12-17)36-2/h4-12,14-15,28H,3,13H2,1-2H3,(H,34,35)(H,30,32,33). The van der Waals surface area contributed by atoms with Gasteiger partial charge in [-0.3, -0.25) is 10.1 Å². The largest absolute Gasteiger partial charge is 0.497 e. The minimum Gasteiger partial charge on any atom is -0.497 e. The van der Waals surface area contributed by atoms with Crippen molar-refractivity contribution < 1.29 is 4.74 Å². The number of aromatic amines is 2. The summed E-state index contributed by atoms with van der Waals surface area (Å²) in [6.07, 6.45) is 5.46. The van der Waals surface area contributed by atoms with Crippen LogP contribution in [-0.2, 0) is 6.54 Å². The van der Waals surface area contributed by atoms with Crippen molar-refractivity contribution >= 4 is 22.2 Å². The first-order chi connectivity index (χ1) is 17.7. The SMILES string of the molecule is CCNCc1cncc(-c2ccc3[nH]nc(-c4nc5nccc(-c6cccc(OC)c6)c5[nH]4)c3n2)c1. The molecule has 0 saturated carbocycles. The van der Waals surface area contributed by atoms with Gasteiger partial charge in [0.05, 0.1) is 23.8 Å². The van der Waals surface area contributed by atoms with Crippen LogP contribution in [0, 0.1) is 0 Å². The smallest absolute Gasteiger partial charge is 0.178 e. The topological polar surface area (TPSA) is 117 Å². The second kappa shape index (κ2) is 9.20. The first-order valence-electron chi connectivity index (χ1n) is 11.7. The van der Waals surface area contributed by atoms with Gasteiger partial charge in [0.1, 0.15) is 11.3 Å². The van der Waals surface area contributed by atoms with E-state index in [-0.39, 0.29) is 0 Å². The second-order valence-electron chi connectivity index (χ2n) is 8.40. The lowest BCUT2D eigenvalue weighted by atomic mass is 10.1. The van der Waals surface area contributed by atoms with Gasteiger partial charge in [-0.25, -0.2) is 15.0 Å². The molecule has 0 unspecified atom stereocenters. The van der Waals surface area contributed by atoms with Gasteiger partial charge in [0.15, 0.2) is 17.2 Å². The Morgan fingerprint density at radius 3 is 2.83 bits per heavy atom. The van der Waals surface area contributed by atoms with E-state index in [1.165, 1.54) is 0 Å². The highest BCUT2D eigenvalue weighted by atomic mass is 16.5. The average molecular weight is 477 g/mol. The third-order valence-corrected chi connectivity index (χ3v) is 6.07. The fraction of sp³-hybridized carbons (Fsp3) is 0.148. The molecule has 0 saturated heterocycles. The number of methoxy groups -OCH3 is 1. The molecule has 0 aliphatic carbocycles. The molecule has 5 aromatic heterocycles. The molecule has 178 valence electrons. The van der Waals surface area contributed by atoms with E-state index in [9.17, 15) is 0 Å². The van der Waals surface area contributed by atoms with Crippen LogP contribution in [0.15, 0.2) is 67.1 Å². The highest BCUT2D eigenvalue weighted by Gasteiger charge is 2.17. The van der Waals surface area contributed by atoms with Crippen molar-refractivity contribution in [1.82, 2.24) is 40.4 Å². The van der Waals surface area contributed by atoms with E-state index in [2.05, 4.69) is 43.5 Å². The summed E-state index contributed by atoms with van der Waals surface area (Å²) in [7, 11) is 1.66. The molecule has 9 nitrogen and oxygen atoms in total. The van der Waals surface area contributed by atoms with E-state index >= 15 is 0 Å². The predicted octanol–water partition coefficient (Wildman–Crippen LogP) is 4.74. The van der Waals surface area contributed by atoms with E-state index in [4.69, 9.17) is 14.7 Å². The monoisotopic (exact) mass is 476 g/mol. The van der Waals surface area contributed by atoms with E-state index < -0.39 is 0 Å². The number of fused-ring (bicyclic) bond motifs is 2. The lowest BCUT2D eigenvalue weighted by Crippen LogP contribution is -2.11. The number of rotatable bonds is 7. The van der Waals surface area contributed by atoms with Crippen molar-refractivity contribution in [1.29, 1.82) is 0 Å². The van der Waals surface area contributed by atoms with Crippen molar-refractivity contribution in [2.45, 2.75) is 13.5 Å². The van der Waals surface area contributed by atoms with E-state index in [0.717, 1.165) is 63.3 Å². The van der Waals surface area contributed by atoms with Crippen LogP contribution in [0.25, 0.3) is 56.1 Å². The van der Waals surface area contributed by atoms with Crippen LogP contribution in [0.5, 0.6) is 5.75 Å². The van der Waals surface area contributed by atoms with Crippen LogP contribution in [0.3, 0.4) is 0 Å². The summed E-state index contributed by atoms with van der Waals surface area (Å²) >= 11 is 0. The van der Waals surface area contributed by atoms with Gasteiger partial charge in [-0.15, -0.1) is 0 Å². The Morgan fingerprint density at radius 2 is 1.94 bits per heavy atom. The molecule has 0 atom stereocenters. The van der Waals surface area contributed by atoms with Gasteiger partial charge in [-0.1, -0.05) is 19.1 Å². The van der Waals surface area contributed by atoms with Crippen LogP contribution in [0.4, 0.5) is 0 Å². The maximum absolute atomic E-state index is 5.40. The van der Waals surface area contributed by atoms with Gasteiger partial charge in [0.25, 0.3) is 0 Å². The Bertz CT molecular complexity index is 1690. The molecule has 5 heterocycles. The third-order valence-electron chi connectivity index (χ3n) is 6.07. The summed E-state index contributed by atoms with van der Waals surface area (Å²) in [6.45, 7) is 3.75. The molecule has 0 aliphatic rings. The van der Waals surface area contributed by atoms with Crippen molar-refractivity contribution in [3.63, 3.8) is 0 Å². The summed E-state index contributed by atoms with van der Waals surface area (Å²) < 4.78 is 5.40. The van der Waals surface area contributed by atoms with Crippen molar-refractivity contribution in [2.75, 3.05) is 13.7 Å². The van der Waals surface area contributed by atoms with Crippen LogP contribution < -0.4 is 10.1 Å². The van der Waals surface area contributed by atoms with Crippen molar-refractivity contribution in [3.05, 3.63) is 72.7 Å². The number of pyridine rings is 3. The Morgan fingerprint density at radius 1 is 1.00 bits per heavy atom. The van der Waals surface area contributed by atoms with Gasteiger partial charge in [-0.05, 0) is 54.1 Å². The Kier molecular flexibility index (Phi) is 5.59. The summed E-state index contributed by atoms with van der Waals surface area (Å²) in [5.74, 6) is 1.39. The highest BCUT2D eigenvalue weighted by molar-refractivity contribution is 5.95. The normalized spacial score (nSPS) is 11.4. The number of aromatic nitrogens is 7. The lowest BCUT2D eigenvalue weighted by Gasteiger charge is -2.05. The molecule has 0 amide bonds. The Balaban J connectivity index is 1.43. The molecule has 0 radical (unpaired) electrons. The van der Waals surface area contributed by atoms with Crippen LogP contribution in [0.1, 0.15) is 12.5 Å². The third kappa shape index (κ3) is 3.95. The molecule has 3 N–H and O–H groups in total. The Hall–Kier alpha value is -4.63. The fourth-order valence-electron chi connectivity index (χ4n) is 4.27. The molecule has 0 fully saturated rings. The van der Waals surface area contributed by atoms with Crippen molar-refractivity contribution in [2.24, 2.45) is 0 Å². The minimum absolute atomic E-state index is 0.600. The molecule has 6 rings (SSSR count). The number of H-pyrrole nitrogens is 2. The first kappa shape index (κ1) is 21.9. The van der Waals surface area contributed by atoms with Crippen LogP contribution in [-0.4, -0.2) is 48.8 Å². The summed E-state index contributed by atoms with van der Waals surface area (Å²) in [6, 6.07) is 15.9. The number of nitrogens with zero attached hydrogens (tertiary/aromatic N) is 5.